The summed E-state index contributed by atoms with van der Waals surface area (Å²) in [5, 5.41) is 7.28. The number of hydrogen-bond acceptors (Lipinski definition) is 5. The van der Waals surface area contributed by atoms with Gasteiger partial charge in [0, 0.05) is 68.0 Å². The topological polar surface area (TPSA) is 43.4 Å². The van der Waals surface area contributed by atoms with Gasteiger partial charge in [0.15, 0.2) is 0 Å². The number of likely N-dealkylation sites (tertiary alicyclic amines) is 1. The molecule has 0 saturated carbocycles. The molecule has 0 bridgehead atoms. The van der Waals surface area contributed by atoms with Crippen molar-refractivity contribution in [2.24, 2.45) is 0 Å². The van der Waals surface area contributed by atoms with Crippen molar-refractivity contribution in [3.05, 3.63) is 84.2 Å². The van der Waals surface area contributed by atoms with Crippen LogP contribution in [0.4, 0.5) is 17.2 Å². The lowest BCUT2D eigenvalue weighted by molar-refractivity contribution is 0.270. The fourth-order valence-electron chi connectivity index (χ4n) is 5.56. The third kappa shape index (κ3) is 6.88. The Labute approximate surface area is 229 Å². The molecule has 5 nitrogen and oxygen atoms in total. The van der Waals surface area contributed by atoms with Crippen LogP contribution in [0.15, 0.2) is 67.5 Å². The van der Waals surface area contributed by atoms with E-state index in [1.807, 2.05) is 12.3 Å². The van der Waals surface area contributed by atoms with Gasteiger partial charge >= 0.3 is 0 Å². The first-order valence-corrected chi connectivity index (χ1v) is 14.0. The first-order valence-electron chi connectivity index (χ1n) is 14.0. The van der Waals surface area contributed by atoms with Crippen LogP contribution < -0.4 is 10.6 Å². The molecule has 38 heavy (non-hydrogen) atoms. The smallest absolute Gasteiger partial charge is 0.135 e. The Kier molecular flexibility index (Phi) is 9.67. The van der Waals surface area contributed by atoms with Crippen molar-refractivity contribution >= 4 is 17.2 Å². The van der Waals surface area contributed by atoms with Crippen LogP contribution in [0, 0.1) is 12.3 Å². The summed E-state index contributed by atoms with van der Waals surface area (Å²) in [7, 11) is 2.10. The Morgan fingerprint density at radius 1 is 1.32 bits per heavy atom. The number of rotatable bonds is 11. The largest absolute Gasteiger partial charge is 0.384 e. The summed E-state index contributed by atoms with van der Waals surface area (Å²) < 4.78 is 0. The Hall–Kier alpha value is -3.49. The van der Waals surface area contributed by atoms with Gasteiger partial charge in [-0.3, -0.25) is 0 Å². The van der Waals surface area contributed by atoms with Gasteiger partial charge in [-0.05, 0) is 73.9 Å². The van der Waals surface area contributed by atoms with E-state index in [-0.39, 0.29) is 0 Å². The minimum Gasteiger partial charge on any atom is -0.384 e. The van der Waals surface area contributed by atoms with E-state index in [2.05, 4.69) is 89.9 Å². The third-order valence-corrected chi connectivity index (χ3v) is 7.80. The maximum Gasteiger partial charge on any atom is 0.135 e. The Balaban J connectivity index is 1.38. The number of hydrogen-bond donors (Lipinski definition) is 2. The number of piperidine rings is 1. The maximum atomic E-state index is 5.37. The standard InChI is InChI=1S/C33H43N5/c1-6-8-17-34-30-14-18-35-33-32(30)25(3)23-29-13-12-28(24-31(29)36-33)27-15-21-38(22-16-27)26(4)11-10-20-37(5)19-9-7-2/h2,6,10-14,18,24-25,27H,1,4,8-9,15-17,19-23H2,3,5H3,(H2,34,35,36)/b11-10+. The SMILES string of the molecule is C#CCCN(C)C/C=C/C(=C)N1CCC(c2ccc3c(c2)Nc2nccc(NCCC=C)c2C(C)C3)CC1. The van der Waals surface area contributed by atoms with Gasteiger partial charge in [-0.15, -0.1) is 18.9 Å². The second kappa shape index (κ2) is 13.3. The number of terminal acetylenes is 1. The molecular weight excluding hydrogens is 466 g/mol. The van der Waals surface area contributed by atoms with E-state index in [1.54, 1.807) is 0 Å². The molecular formula is C33H43N5. The van der Waals surface area contributed by atoms with E-state index in [0.717, 1.165) is 76.3 Å². The molecule has 1 saturated heterocycles. The van der Waals surface area contributed by atoms with Crippen LogP contribution in [0.3, 0.4) is 0 Å². The zero-order valence-electron chi connectivity index (χ0n) is 23.2. The normalized spacial score (nSPS) is 17.3. The second-order valence-corrected chi connectivity index (χ2v) is 10.6. The molecule has 1 aromatic heterocycles. The number of aromatic nitrogens is 1. The number of fused-ring (bicyclic) bond motifs is 2. The van der Waals surface area contributed by atoms with Crippen LogP contribution in [-0.4, -0.2) is 54.6 Å². The lowest BCUT2D eigenvalue weighted by Crippen LogP contribution is -2.31. The summed E-state index contributed by atoms with van der Waals surface area (Å²) in [5.74, 6) is 4.61. The van der Waals surface area contributed by atoms with E-state index in [4.69, 9.17) is 11.4 Å². The van der Waals surface area contributed by atoms with Gasteiger partial charge in [-0.25, -0.2) is 4.98 Å². The number of nitrogens with one attached hydrogen (secondary N) is 2. The summed E-state index contributed by atoms with van der Waals surface area (Å²) in [5.41, 5.74) is 7.53. The molecule has 2 aliphatic heterocycles. The molecule has 0 spiro atoms. The number of pyridine rings is 1. The number of allylic oxidation sites excluding steroid dienone is 1. The summed E-state index contributed by atoms with van der Waals surface area (Å²) in [4.78, 5) is 9.38. The molecule has 200 valence electrons. The molecule has 1 atom stereocenters. The molecule has 3 heterocycles. The molecule has 4 rings (SSSR count). The number of nitrogens with zero attached hydrogens (tertiary/aromatic N) is 3. The van der Waals surface area contributed by atoms with E-state index in [0.29, 0.717) is 11.8 Å². The summed E-state index contributed by atoms with van der Waals surface area (Å²) in [6, 6.07) is 9.14. The second-order valence-electron chi connectivity index (χ2n) is 10.6. The molecule has 0 radical (unpaired) electrons. The van der Waals surface area contributed by atoms with Crippen LogP contribution in [0.25, 0.3) is 0 Å². The van der Waals surface area contributed by atoms with Crippen LogP contribution in [0.5, 0.6) is 0 Å². The molecule has 1 aromatic carbocycles. The minimum atomic E-state index is 0.379. The zero-order chi connectivity index (χ0) is 26.9. The van der Waals surface area contributed by atoms with E-state index in [1.165, 1.54) is 28.1 Å². The van der Waals surface area contributed by atoms with Gasteiger partial charge in [0.1, 0.15) is 5.82 Å². The van der Waals surface area contributed by atoms with Crippen molar-refractivity contribution in [3.63, 3.8) is 0 Å². The third-order valence-electron chi connectivity index (χ3n) is 7.80. The van der Waals surface area contributed by atoms with Gasteiger partial charge in [-0.2, -0.15) is 0 Å². The van der Waals surface area contributed by atoms with Crippen molar-refractivity contribution in [3.8, 4) is 12.3 Å². The summed E-state index contributed by atoms with van der Waals surface area (Å²) in [6.45, 7) is 15.2. The van der Waals surface area contributed by atoms with Gasteiger partial charge in [-0.1, -0.05) is 37.8 Å². The lowest BCUT2D eigenvalue weighted by atomic mass is 9.87. The fraction of sp³-hybridized carbons (Fsp3) is 0.424. The van der Waals surface area contributed by atoms with Gasteiger partial charge in [0.25, 0.3) is 0 Å². The van der Waals surface area contributed by atoms with Crippen LogP contribution in [0.2, 0.25) is 0 Å². The van der Waals surface area contributed by atoms with Gasteiger partial charge in [0.05, 0.1) is 0 Å². The molecule has 0 aliphatic carbocycles. The van der Waals surface area contributed by atoms with E-state index in [9.17, 15) is 0 Å². The first kappa shape index (κ1) is 27.5. The van der Waals surface area contributed by atoms with Crippen molar-refractivity contribution < 1.29 is 0 Å². The maximum absolute atomic E-state index is 5.37. The van der Waals surface area contributed by atoms with Crippen LogP contribution in [-0.2, 0) is 6.42 Å². The van der Waals surface area contributed by atoms with Crippen LogP contribution in [0.1, 0.15) is 61.1 Å². The number of benzene rings is 1. The summed E-state index contributed by atoms with van der Waals surface area (Å²) >= 11 is 0. The molecule has 2 aliphatic rings. The molecule has 1 fully saturated rings. The Morgan fingerprint density at radius 3 is 2.89 bits per heavy atom. The molecule has 2 aromatic rings. The van der Waals surface area contributed by atoms with Gasteiger partial charge < -0.3 is 20.4 Å². The average Bonchev–Trinajstić information content (AvgIpc) is 3.07. The fourth-order valence-corrected chi connectivity index (χ4v) is 5.56. The van der Waals surface area contributed by atoms with Gasteiger partial charge in [0.2, 0.25) is 0 Å². The highest BCUT2D eigenvalue weighted by Crippen LogP contribution is 2.41. The lowest BCUT2D eigenvalue weighted by Gasteiger charge is -2.34. The number of likely N-dealkylation sites (N-methyl/N-ethyl adjacent to an activating group) is 1. The number of anilines is 3. The van der Waals surface area contributed by atoms with E-state index < -0.39 is 0 Å². The predicted octanol–water partition coefficient (Wildman–Crippen LogP) is 6.68. The highest BCUT2D eigenvalue weighted by atomic mass is 15.1. The molecule has 0 amide bonds. The zero-order valence-corrected chi connectivity index (χ0v) is 23.2. The predicted molar refractivity (Wildman–Crippen MR) is 162 cm³/mol. The summed E-state index contributed by atoms with van der Waals surface area (Å²) in [6.07, 6.45) is 18.6. The molecule has 1 unspecified atom stereocenters. The quantitative estimate of drug-likeness (QED) is 0.153. The highest BCUT2D eigenvalue weighted by molar-refractivity contribution is 5.72. The van der Waals surface area contributed by atoms with E-state index >= 15 is 0 Å². The molecule has 5 heteroatoms. The first-order chi connectivity index (χ1) is 18.5. The van der Waals surface area contributed by atoms with Crippen molar-refractivity contribution in [1.82, 2.24) is 14.8 Å². The van der Waals surface area contributed by atoms with Crippen molar-refractivity contribution in [2.75, 3.05) is 50.4 Å². The Morgan fingerprint density at radius 2 is 2.13 bits per heavy atom. The minimum absolute atomic E-state index is 0.379. The highest BCUT2D eigenvalue weighted by Gasteiger charge is 2.25. The average molecular weight is 510 g/mol. The van der Waals surface area contributed by atoms with Crippen molar-refractivity contribution in [1.29, 1.82) is 0 Å². The molecule has 2 N–H and O–H groups in total. The van der Waals surface area contributed by atoms with Crippen LogP contribution >= 0.6 is 0 Å². The van der Waals surface area contributed by atoms with Crippen molar-refractivity contribution in [2.45, 2.75) is 50.9 Å². The monoisotopic (exact) mass is 509 g/mol. The Bertz CT molecular complexity index is 1180.